The molecule has 0 aliphatic heterocycles. The van der Waals surface area contributed by atoms with Crippen molar-refractivity contribution in [2.24, 2.45) is 11.5 Å². The van der Waals surface area contributed by atoms with Crippen molar-refractivity contribution in [3.05, 3.63) is 0 Å². The van der Waals surface area contributed by atoms with Crippen LogP contribution in [0.25, 0.3) is 0 Å². The summed E-state index contributed by atoms with van der Waals surface area (Å²) in [7, 11) is 0. The average molecular weight is 174 g/mol. The number of hydrogen-bond acceptors (Lipinski definition) is 2. The lowest BCUT2D eigenvalue weighted by atomic mass is 10.3. The predicted octanol–water partition coefficient (Wildman–Crippen LogP) is -0.249. The Labute approximate surface area is 70.8 Å². The number of nitrogens with two attached hydrogens (primary N) is 2. The summed E-state index contributed by atoms with van der Waals surface area (Å²) >= 11 is 0. The number of urea groups is 2. The van der Waals surface area contributed by atoms with Crippen LogP contribution in [0.2, 0.25) is 0 Å². The maximum absolute atomic E-state index is 10.6. The number of amides is 4. The smallest absolute Gasteiger partial charge is 0.333 e. The standard InChI is InChI=1S/C6H14N4O2/c1-2-3-4-10(6(8)12)9-5(7)11/h2-4H2,1H3,(H2,8,12)(H3,7,9,11). The molecule has 0 bridgehead atoms. The Morgan fingerprint density at radius 3 is 2.33 bits per heavy atom. The molecule has 0 fully saturated rings. The van der Waals surface area contributed by atoms with Gasteiger partial charge in [0.15, 0.2) is 0 Å². The highest BCUT2D eigenvalue weighted by Crippen LogP contribution is 1.90. The van der Waals surface area contributed by atoms with Crippen LogP contribution in [0.5, 0.6) is 0 Å². The van der Waals surface area contributed by atoms with Gasteiger partial charge in [-0.05, 0) is 6.42 Å². The molecular weight excluding hydrogens is 160 g/mol. The van der Waals surface area contributed by atoms with Gasteiger partial charge in [-0.1, -0.05) is 13.3 Å². The highest BCUT2D eigenvalue weighted by atomic mass is 16.2. The van der Waals surface area contributed by atoms with Crippen LogP contribution in [-0.4, -0.2) is 23.6 Å². The van der Waals surface area contributed by atoms with Crippen molar-refractivity contribution in [1.82, 2.24) is 10.4 Å². The lowest BCUT2D eigenvalue weighted by molar-refractivity contribution is 0.176. The topological polar surface area (TPSA) is 101 Å². The molecule has 0 unspecified atom stereocenters. The summed E-state index contributed by atoms with van der Waals surface area (Å²) in [5.74, 6) is 0. The van der Waals surface area contributed by atoms with Gasteiger partial charge in [0.2, 0.25) is 0 Å². The van der Waals surface area contributed by atoms with E-state index in [1.54, 1.807) is 0 Å². The van der Waals surface area contributed by atoms with E-state index in [-0.39, 0.29) is 0 Å². The van der Waals surface area contributed by atoms with Gasteiger partial charge in [0, 0.05) is 6.54 Å². The molecule has 12 heavy (non-hydrogen) atoms. The molecule has 5 N–H and O–H groups in total. The number of carbonyl (C=O) groups excluding carboxylic acids is 2. The Morgan fingerprint density at radius 1 is 1.42 bits per heavy atom. The fourth-order valence-corrected chi connectivity index (χ4v) is 0.670. The molecule has 0 radical (unpaired) electrons. The van der Waals surface area contributed by atoms with Crippen molar-refractivity contribution in [3.8, 4) is 0 Å². The third kappa shape index (κ3) is 4.37. The molecule has 0 aliphatic carbocycles. The number of nitrogens with one attached hydrogen (secondary N) is 1. The normalized spacial score (nSPS) is 9.08. The highest BCUT2D eigenvalue weighted by Gasteiger charge is 2.09. The quantitative estimate of drug-likeness (QED) is 0.514. The fraction of sp³-hybridized carbons (Fsp3) is 0.667. The minimum absolute atomic E-state index is 0.384. The average Bonchev–Trinajstić information content (AvgIpc) is 1.96. The van der Waals surface area contributed by atoms with E-state index in [2.05, 4.69) is 5.43 Å². The van der Waals surface area contributed by atoms with Gasteiger partial charge in [-0.2, -0.15) is 0 Å². The second kappa shape index (κ2) is 5.22. The minimum Gasteiger partial charge on any atom is -0.350 e. The van der Waals surface area contributed by atoms with E-state index in [0.717, 1.165) is 17.9 Å². The summed E-state index contributed by atoms with van der Waals surface area (Å²) in [5, 5.41) is 0.992. The summed E-state index contributed by atoms with van der Waals surface area (Å²) in [6.45, 7) is 2.35. The summed E-state index contributed by atoms with van der Waals surface area (Å²) < 4.78 is 0. The Kier molecular flexibility index (Phi) is 4.59. The number of hydrazine groups is 1. The SMILES string of the molecule is CCCCN(NC(N)=O)C(N)=O. The van der Waals surface area contributed by atoms with Gasteiger partial charge in [-0.3, -0.25) is 0 Å². The van der Waals surface area contributed by atoms with Gasteiger partial charge in [-0.15, -0.1) is 0 Å². The molecule has 0 spiro atoms. The minimum atomic E-state index is -0.787. The molecule has 0 saturated carbocycles. The molecule has 6 heteroatoms. The molecule has 0 rings (SSSR count). The van der Waals surface area contributed by atoms with Crippen molar-refractivity contribution in [2.45, 2.75) is 19.8 Å². The third-order valence-electron chi connectivity index (χ3n) is 1.25. The summed E-state index contributed by atoms with van der Waals surface area (Å²) in [6.07, 6.45) is 1.67. The van der Waals surface area contributed by atoms with Crippen molar-refractivity contribution >= 4 is 12.1 Å². The molecule has 0 aromatic heterocycles. The van der Waals surface area contributed by atoms with Crippen LogP contribution in [0, 0.1) is 0 Å². The van der Waals surface area contributed by atoms with E-state index in [4.69, 9.17) is 11.5 Å². The van der Waals surface area contributed by atoms with Gasteiger partial charge >= 0.3 is 12.1 Å². The second-order valence-electron chi connectivity index (χ2n) is 2.32. The van der Waals surface area contributed by atoms with E-state index in [1.807, 2.05) is 6.92 Å². The van der Waals surface area contributed by atoms with Crippen LogP contribution in [0.3, 0.4) is 0 Å². The van der Waals surface area contributed by atoms with Gasteiger partial charge in [0.25, 0.3) is 0 Å². The van der Waals surface area contributed by atoms with Crippen LogP contribution in [0.4, 0.5) is 9.59 Å². The first-order chi connectivity index (χ1) is 5.57. The van der Waals surface area contributed by atoms with E-state index in [1.165, 1.54) is 0 Å². The largest absolute Gasteiger partial charge is 0.350 e. The zero-order chi connectivity index (χ0) is 9.56. The first-order valence-corrected chi connectivity index (χ1v) is 3.71. The summed E-state index contributed by atoms with van der Waals surface area (Å²) in [5.41, 5.74) is 11.9. The van der Waals surface area contributed by atoms with Crippen LogP contribution in [0.15, 0.2) is 0 Å². The first-order valence-electron chi connectivity index (χ1n) is 3.71. The third-order valence-corrected chi connectivity index (χ3v) is 1.25. The number of hydrogen-bond donors (Lipinski definition) is 3. The maximum atomic E-state index is 10.6. The molecule has 0 atom stereocenters. The van der Waals surface area contributed by atoms with Crippen molar-refractivity contribution in [3.63, 3.8) is 0 Å². The molecule has 4 amide bonds. The van der Waals surface area contributed by atoms with E-state index < -0.39 is 12.1 Å². The number of carbonyl (C=O) groups is 2. The number of nitrogens with zero attached hydrogens (tertiary/aromatic N) is 1. The molecule has 0 heterocycles. The van der Waals surface area contributed by atoms with Gasteiger partial charge in [-0.25, -0.2) is 20.0 Å². The second-order valence-corrected chi connectivity index (χ2v) is 2.32. The van der Waals surface area contributed by atoms with Crippen LogP contribution in [0.1, 0.15) is 19.8 Å². The monoisotopic (exact) mass is 174 g/mol. The summed E-state index contributed by atoms with van der Waals surface area (Å²) in [4.78, 5) is 21.0. The molecule has 0 aromatic carbocycles. The van der Waals surface area contributed by atoms with Gasteiger partial charge in [0.05, 0.1) is 0 Å². The lowest BCUT2D eigenvalue weighted by Gasteiger charge is -2.18. The van der Waals surface area contributed by atoms with Gasteiger partial charge < -0.3 is 11.5 Å². The predicted molar refractivity (Wildman–Crippen MR) is 43.9 cm³/mol. The zero-order valence-corrected chi connectivity index (χ0v) is 7.04. The first kappa shape index (κ1) is 10.5. The molecule has 70 valence electrons. The van der Waals surface area contributed by atoms with Crippen molar-refractivity contribution in [1.29, 1.82) is 0 Å². The number of rotatable bonds is 3. The van der Waals surface area contributed by atoms with Gasteiger partial charge in [0.1, 0.15) is 0 Å². The summed E-state index contributed by atoms with van der Waals surface area (Å²) in [6, 6.07) is -1.49. The Bertz CT molecular complexity index is 171. The Hall–Kier alpha value is -1.46. The van der Waals surface area contributed by atoms with E-state index in [0.29, 0.717) is 6.54 Å². The Morgan fingerprint density at radius 2 is 2.00 bits per heavy atom. The molecule has 0 saturated heterocycles. The molecule has 0 aromatic rings. The highest BCUT2D eigenvalue weighted by molar-refractivity contribution is 5.78. The Balaban J connectivity index is 3.87. The molecular formula is C6H14N4O2. The lowest BCUT2D eigenvalue weighted by Crippen LogP contribution is -2.51. The fourth-order valence-electron chi connectivity index (χ4n) is 0.670. The molecule has 0 aliphatic rings. The van der Waals surface area contributed by atoms with Crippen LogP contribution >= 0.6 is 0 Å². The van der Waals surface area contributed by atoms with Crippen LogP contribution in [-0.2, 0) is 0 Å². The maximum Gasteiger partial charge on any atom is 0.333 e. The van der Waals surface area contributed by atoms with Crippen molar-refractivity contribution < 1.29 is 9.59 Å². The number of primary amides is 2. The van der Waals surface area contributed by atoms with Crippen LogP contribution < -0.4 is 16.9 Å². The molecule has 6 nitrogen and oxygen atoms in total. The van der Waals surface area contributed by atoms with Crippen molar-refractivity contribution in [2.75, 3.05) is 6.54 Å². The van der Waals surface area contributed by atoms with E-state index in [9.17, 15) is 9.59 Å². The van der Waals surface area contributed by atoms with E-state index >= 15 is 0 Å². The number of unbranched alkanes of at least 4 members (excludes halogenated alkanes) is 1. The zero-order valence-electron chi connectivity index (χ0n) is 7.04.